The summed E-state index contributed by atoms with van der Waals surface area (Å²) >= 11 is 0. The van der Waals surface area contributed by atoms with Gasteiger partial charge in [0.25, 0.3) is 0 Å². The highest BCUT2D eigenvalue weighted by atomic mass is 16.5. The van der Waals surface area contributed by atoms with Crippen molar-refractivity contribution >= 4 is 5.82 Å². The highest BCUT2D eigenvalue weighted by molar-refractivity contribution is 5.46. The number of nitrogens with one attached hydrogen (secondary N) is 1. The molecule has 2 heterocycles. The van der Waals surface area contributed by atoms with Gasteiger partial charge in [0.05, 0.1) is 6.04 Å². The first kappa shape index (κ1) is 10.1. The first-order chi connectivity index (χ1) is 8.33. The van der Waals surface area contributed by atoms with Gasteiger partial charge in [-0.15, -0.1) is 0 Å². The van der Waals surface area contributed by atoms with Gasteiger partial charge in [0, 0.05) is 17.3 Å². The van der Waals surface area contributed by atoms with Crippen LogP contribution in [-0.4, -0.2) is 16.6 Å². The van der Waals surface area contributed by atoms with Crippen LogP contribution in [-0.2, 0) is 0 Å². The summed E-state index contributed by atoms with van der Waals surface area (Å²) < 4.78 is 5.61. The molecular formula is C13H13N3O. The lowest BCUT2D eigenvalue weighted by Crippen LogP contribution is -2.13. The van der Waals surface area contributed by atoms with Crippen LogP contribution in [0.5, 0.6) is 5.75 Å². The normalized spacial score (nSPS) is 17.4. The summed E-state index contributed by atoms with van der Waals surface area (Å²) in [5, 5.41) is 3.36. The summed E-state index contributed by atoms with van der Waals surface area (Å²) in [4.78, 5) is 8.27. The van der Waals surface area contributed by atoms with E-state index in [1.165, 1.54) is 5.56 Å². The number of hydrogen-bond donors (Lipinski definition) is 1. The Balaban J connectivity index is 1.84. The number of benzene rings is 1. The fourth-order valence-corrected chi connectivity index (χ4v) is 1.99. The van der Waals surface area contributed by atoms with Crippen molar-refractivity contribution in [3.05, 3.63) is 47.9 Å². The minimum atomic E-state index is 0.167. The molecule has 0 saturated heterocycles. The maximum atomic E-state index is 5.61. The van der Waals surface area contributed by atoms with Crippen LogP contribution in [0.2, 0.25) is 0 Å². The summed E-state index contributed by atoms with van der Waals surface area (Å²) in [6.07, 6.45) is 1.57. The van der Waals surface area contributed by atoms with Crippen LogP contribution in [0.3, 0.4) is 0 Å². The van der Waals surface area contributed by atoms with Crippen molar-refractivity contribution in [1.82, 2.24) is 9.97 Å². The van der Waals surface area contributed by atoms with Crippen LogP contribution < -0.4 is 10.1 Å². The molecular weight excluding hydrogens is 214 g/mol. The quantitative estimate of drug-likeness (QED) is 0.855. The van der Waals surface area contributed by atoms with E-state index in [-0.39, 0.29) is 6.04 Å². The first-order valence-electron chi connectivity index (χ1n) is 5.60. The summed E-state index contributed by atoms with van der Waals surface area (Å²) in [5.41, 5.74) is 2.14. The Morgan fingerprint density at radius 3 is 3.06 bits per heavy atom. The van der Waals surface area contributed by atoms with Crippen molar-refractivity contribution in [2.75, 3.05) is 11.9 Å². The van der Waals surface area contributed by atoms with E-state index in [9.17, 15) is 0 Å². The second kappa shape index (κ2) is 4.05. The molecule has 0 amide bonds. The molecule has 0 saturated carbocycles. The fourth-order valence-electron chi connectivity index (χ4n) is 1.99. The maximum absolute atomic E-state index is 5.61. The number of anilines is 1. The highest BCUT2D eigenvalue weighted by Crippen LogP contribution is 2.33. The molecule has 1 atom stereocenters. The van der Waals surface area contributed by atoms with Gasteiger partial charge in [-0.1, -0.05) is 18.2 Å². The second-order valence-electron chi connectivity index (χ2n) is 4.09. The number of rotatable bonds is 2. The first-order valence-corrected chi connectivity index (χ1v) is 5.60. The van der Waals surface area contributed by atoms with Gasteiger partial charge in [0.1, 0.15) is 24.5 Å². The summed E-state index contributed by atoms with van der Waals surface area (Å²) in [6.45, 7) is 2.59. The zero-order chi connectivity index (χ0) is 11.7. The van der Waals surface area contributed by atoms with Gasteiger partial charge >= 0.3 is 0 Å². The van der Waals surface area contributed by atoms with Gasteiger partial charge in [-0.25, -0.2) is 9.97 Å². The van der Waals surface area contributed by atoms with E-state index in [2.05, 4.69) is 21.4 Å². The highest BCUT2D eigenvalue weighted by Gasteiger charge is 2.23. The number of fused-ring (bicyclic) bond motifs is 1. The van der Waals surface area contributed by atoms with Crippen LogP contribution in [0.1, 0.15) is 17.3 Å². The van der Waals surface area contributed by atoms with Crippen LogP contribution in [0, 0.1) is 6.92 Å². The minimum absolute atomic E-state index is 0.167. The van der Waals surface area contributed by atoms with Gasteiger partial charge < -0.3 is 10.1 Å². The van der Waals surface area contributed by atoms with Crippen LogP contribution in [0.15, 0.2) is 36.7 Å². The van der Waals surface area contributed by atoms with E-state index in [0.29, 0.717) is 6.61 Å². The number of hydrogen-bond acceptors (Lipinski definition) is 4. The van der Waals surface area contributed by atoms with Gasteiger partial charge in [-0.2, -0.15) is 0 Å². The summed E-state index contributed by atoms with van der Waals surface area (Å²) in [7, 11) is 0. The third kappa shape index (κ3) is 1.93. The number of para-hydroxylation sites is 1. The Labute approximate surface area is 99.7 Å². The van der Waals surface area contributed by atoms with E-state index < -0.39 is 0 Å². The van der Waals surface area contributed by atoms with E-state index in [1.54, 1.807) is 6.33 Å². The number of ether oxygens (including phenoxy) is 1. The number of aromatic nitrogens is 2. The van der Waals surface area contributed by atoms with Crippen molar-refractivity contribution in [3.8, 4) is 5.75 Å². The topological polar surface area (TPSA) is 47.0 Å². The molecule has 0 aliphatic carbocycles. The van der Waals surface area contributed by atoms with Crippen molar-refractivity contribution in [3.63, 3.8) is 0 Å². The fraction of sp³-hybridized carbons (Fsp3) is 0.231. The minimum Gasteiger partial charge on any atom is -0.491 e. The van der Waals surface area contributed by atoms with E-state index in [1.807, 2.05) is 31.2 Å². The van der Waals surface area contributed by atoms with E-state index in [4.69, 9.17) is 4.74 Å². The Hall–Kier alpha value is -2.10. The molecule has 0 radical (unpaired) electrons. The van der Waals surface area contributed by atoms with Crippen molar-refractivity contribution in [1.29, 1.82) is 0 Å². The average molecular weight is 227 g/mol. The molecule has 1 aromatic carbocycles. The molecule has 1 N–H and O–H groups in total. The molecule has 1 aliphatic heterocycles. The van der Waals surface area contributed by atoms with E-state index in [0.717, 1.165) is 17.3 Å². The third-order valence-corrected chi connectivity index (χ3v) is 2.83. The Morgan fingerprint density at radius 2 is 2.18 bits per heavy atom. The van der Waals surface area contributed by atoms with E-state index >= 15 is 0 Å². The number of aryl methyl sites for hydroxylation is 1. The predicted octanol–water partition coefficient (Wildman–Crippen LogP) is 2.33. The predicted molar refractivity (Wildman–Crippen MR) is 65.1 cm³/mol. The molecule has 1 aromatic heterocycles. The molecule has 2 aromatic rings. The van der Waals surface area contributed by atoms with Gasteiger partial charge in [0.15, 0.2) is 0 Å². The van der Waals surface area contributed by atoms with Crippen LogP contribution in [0.25, 0.3) is 0 Å². The van der Waals surface area contributed by atoms with Gasteiger partial charge in [-0.05, 0) is 13.0 Å². The summed E-state index contributed by atoms with van der Waals surface area (Å²) in [5.74, 6) is 1.79. The molecule has 0 fully saturated rings. The Bertz CT molecular complexity index is 542. The second-order valence-corrected chi connectivity index (χ2v) is 4.09. The Kier molecular flexibility index (Phi) is 2.40. The van der Waals surface area contributed by atoms with Crippen molar-refractivity contribution < 1.29 is 4.74 Å². The molecule has 4 nitrogen and oxygen atoms in total. The van der Waals surface area contributed by atoms with Crippen molar-refractivity contribution in [2.24, 2.45) is 0 Å². The molecule has 1 aliphatic rings. The lowest BCUT2D eigenvalue weighted by atomic mass is 10.1. The maximum Gasteiger partial charge on any atom is 0.130 e. The largest absolute Gasteiger partial charge is 0.491 e. The lowest BCUT2D eigenvalue weighted by Gasteiger charge is -2.12. The molecule has 3 rings (SSSR count). The van der Waals surface area contributed by atoms with Gasteiger partial charge in [-0.3, -0.25) is 0 Å². The lowest BCUT2D eigenvalue weighted by molar-refractivity contribution is 0.339. The third-order valence-electron chi connectivity index (χ3n) is 2.83. The molecule has 86 valence electrons. The molecule has 0 spiro atoms. The SMILES string of the molecule is Cc1cc(NC2COc3ccccc32)ncn1. The molecule has 1 unspecified atom stereocenters. The molecule has 17 heavy (non-hydrogen) atoms. The number of nitrogens with zero attached hydrogens (tertiary/aromatic N) is 2. The zero-order valence-corrected chi connectivity index (χ0v) is 9.55. The summed E-state index contributed by atoms with van der Waals surface area (Å²) in [6, 6.07) is 10.2. The molecule has 4 heteroatoms. The smallest absolute Gasteiger partial charge is 0.130 e. The Morgan fingerprint density at radius 1 is 1.29 bits per heavy atom. The standard InChI is InChI=1S/C13H13N3O/c1-9-6-13(15-8-14-9)16-11-7-17-12-5-3-2-4-10(11)12/h2-6,8,11H,7H2,1H3,(H,14,15,16). The monoisotopic (exact) mass is 227 g/mol. The van der Waals surface area contributed by atoms with Crippen LogP contribution >= 0.6 is 0 Å². The molecule has 0 bridgehead atoms. The van der Waals surface area contributed by atoms with Crippen molar-refractivity contribution in [2.45, 2.75) is 13.0 Å². The van der Waals surface area contributed by atoms with Gasteiger partial charge in [0.2, 0.25) is 0 Å². The average Bonchev–Trinajstić information content (AvgIpc) is 2.73. The van der Waals surface area contributed by atoms with Crippen LogP contribution in [0.4, 0.5) is 5.82 Å². The zero-order valence-electron chi connectivity index (χ0n) is 9.55.